The fourth-order valence-electron chi connectivity index (χ4n) is 4.36. The summed E-state index contributed by atoms with van der Waals surface area (Å²) in [7, 11) is 0. The maximum atomic E-state index is 13.2. The Morgan fingerprint density at radius 1 is 1.00 bits per heavy atom. The molecule has 9 heteroatoms. The minimum Gasteiger partial charge on any atom is -0.459 e. The summed E-state index contributed by atoms with van der Waals surface area (Å²) in [5.74, 6) is -1.14. The summed E-state index contributed by atoms with van der Waals surface area (Å²) in [6, 6.07) is 17.6. The molecule has 1 fully saturated rings. The Kier molecular flexibility index (Phi) is 10.3. The van der Waals surface area contributed by atoms with Gasteiger partial charge in [-0.2, -0.15) is 0 Å². The predicted octanol–water partition coefficient (Wildman–Crippen LogP) is 3.58. The van der Waals surface area contributed by atoms with E-state index in [1.165, 1.54) is 4.90 Å². The Balaban J connectivity index is 1.66. The number of likely N-dealkylation sites (tertiary alicyclic amines) is 1. The summed E-state index contributed by atoms with van der Waals surface area (Å²) in [5, 5.41) is 13.0. The van der Waals surface area contributed by atoms with Gasteiger partial charge in [-0.05, 0) is 44.7 Å². The fraction of sp³-hybridized carbons (Fsp3) is 0.483. The molecule has 0 spiro atoms. The van der Waals surface area contributed by atoms with Crippen molar-refractivity contribution in [3.05, 3.63) is 71.8 Å². The van der Waals surface area contributed by atoms with Gasteiger partial charge in [0, 0.05) is 6.54 Å². The molecule has 2 N–H and O–H groups in total. The second-order valence-corrected chi connectivity index (χ2v) is 10.5. The van der Waals surface area contributed by atoms with E-state index in [9.17, 15) is 19.5 Å². The zero-order chi connectivity index (χ0) is 27.6. The molecule has 0 radical (unpaired) electrons. The summed E-state index contributed by atoms with van der Waals surface area (Å²) in [6.07, 6.45) is 0.283. The van der Waals surface area contributed by atoms with Crippen LogP contribution in [0.2, 0.25) is 0 Å². The average Bonchev–Trinajstić information content (AvgIpc) is 3.31. The highest BCUT2D eigenvalue weighted by atomic mass is 16.6. The lowest BCUT2D eigenvalue weighted by Crippen LogP contribution is -2.55. The smallest absolute Gasteiger partial charge is 0.410 e. The monoisotopic (exact) mass is 526 g/mol. The molecular formula is C29H38N2O7. The molecule has 0 saturated carbocycles. The molecule has 1 unspecified atom stereocenters. The third kappa shape index (κ3) is 8.56. The van der Waals surface area contributed by atoms with E-state index in [0.29, 0.717) is 19.4 Å². The Morgan fingerprint density at radius 3 is 2.18 bits per heavy atom. The Bertz CT molecular complexity index is 1060. The number of rotatable bonds is 11. The molecule has 2 atom stereocenters. The second kappa shape index (κ2) is 13.4. The van der Waals surface area contributed by atoms with E-state index in [1.807, 2.05) is 60.7 Å². The van der Waals surface area contributed by atoms with E-state index in [4.69, 9.17) is 14.2 Å². The number of carbonyl (C=O) groups is 3. The van der Waals surface area contributed by atoms with Crippen LogP contribution in [0.5, 0.6) is 0 Å². The Hall–Kier alpha value is -3.43. The third-order valence-electron chi connectivity index (χ3n) is 6.23. The van der Waals surface area contributed by atoms with E-state index in [1.54, 1.807) is 20.8 Å². The summed E-state index contributed by atoms with van der Waals surface area (Å²) < 4.78 is 16.7. The normalized spacial score (nSPS) is 18.1. The molecule has 38 heavy (non-hydrogen) atoms. The molecule has 1 aliphatic rings. The van der Waals surface area contributed by atoms with Gasteiger partial charge in [-0.15, -0.1) is 0 Å². The van der Waals surface area contributed by atoms with Crippen LogP contribution in [0.3, 0.4) is 0 Å². The Labute approximate surface area is 224 Å². The molecular weight excluding hydrogens is 488 g/mol. The molecule has 0 aliphatic carbocycles. The van der Waals surface area contributed by atoms with Crippen molar-refractivity contribution in [2.45, 2.75) is 70.4 Å². The summed E-state index contributed by atoms with van der Waals surface area (Å²) in [5.41, 5.74) is -0.0921. The topological polar surface area (TPSA) is 114 Å². The lowest BCUT2D eigenvalue weighted by molar-refractivity contribution is -0.151. The summed E-state index contributed by atoms with van der Waals surface area (Å²) in [6.45, 7) is 5.44. The van der Waals surface area contributed by atoms with E-state index < -0.39 is 41.8 Å². The molecule has 3 rings (SSSR count). The van der Waals surface area contributed by atoms with Gasteiger partial charge in [0.05, 0.1) is 31.8 Å². The molecule has 2 amide bonds. The number of ether oxygens (including phenoxy) is 3. The van der Waals surface area contributed by atoms with Gasteiger partial charge in [-0.25, -0.2) is 9.59 Å². The summed E-state index contributed by atoms with van der Waals surface area (Å²) in [4.78, 5) is 40.4. The van der Waals surface area contributed by atoms with Crippen molar-refractivity contribution in [3.8, 4) is 0 Å². The molecule has 9 nitrogen and oxygen atoms in total. The molecule has 1 heterocycles. The van der Waals surface area contributed by atoms with Crippen LogP contribution in [0.4, 0.5) is 4.79 Å². The number of hydrogen-bond donors (Lipinski definition) is 2. The standard InChI is InChI=1S/C29H38N2O7/c1-28(2,3)38-27(35)31-16-10-15-29(31,21-32)17-25(33)30-24(20-36-18-22-11-6-4-7-12-22)26(34)37-19-23-13-8-5-9-14-23/h4-9,11-14,24,32H,10,15-21H2,1-3H3,(H,30,33)/t24-,29?/m0/s1. The minimum absolute atomic E-state index is 0.0533. The molecule has 0 bridgehead atoms. The molecule has 2 aromatic rings. The number of aliphatic hydroxyl groups is 1. The Morgan fingerprint density at radius 2 is 1.61 bits per heavy atom. The van der Waals surface area contributed by atoms with Gasteiger partial charge >= 0.3 is 12.1 Å². The number of nitrogens with zero attached hydrogens (tertiary/aromatic N) is 1. The maximum absolute atomic E-state index is 13.2. The zero-order valence-corrected chi connectivity index (χ0v) is 22.4. The first-order valence-electron chi connectivity index (χ1n) is 12.8. The number of benzene rings is 2. The van der Waals surface area contributed by atoms with Crippen molar-refractivity contribution >= 4 is 18.0 Å². The fourth-order valence-corrected chi connectivity index (χ4v) is 4.36. The average molecular weight is 527 g/mol. The van der Waals surface area contributed by atoms with E-state index in [2.05, 4.69) is 5.32 Å². The number of hydrogen-bond acceptors (Lipinski definition) is 7. The van der Waals surface area contributed by atoms with Crippen molar-refractivity contribution in [1.82, 2.24) is 10.2 Å². The molecule has 1 saturated heterocycles. The molecule has 2 aromatic carbocycles. The van der Waals surface area contributed by atoms with Gasteiger partial charge in [-0.3, -0.25) is 9.69 Å². The van der Waals surface area contributed by atoms with Crippen LogP contribution in [0.1, 0.15) is 51.2 Å². The first-order chi connectivity index (χ1) is 18.1. The number of esters is 1. The molecule has 206 valence electrons. The molecule has 1 aliphatic heterocycles. The van der Waals surface area contributed by atoms with Crippen LogP contribution < -0.4 is 5.32 Å². The lowest BCUT2D eigenvalue weighted by Gasteiger charge is -2.37. The highest BCUT2D eigenvalue weighted by Gasteiger charge is 2.46. The lowest BCUT2D eigenvalue weighted by atomic mass is 9.92. The van der Waals surface area contributed by atoms with Crippen molar-refractivity contribution in [2.24, 2.45) is 0 Å². The first kappa shape index (κ1) is 29.1. The van der Waals surface area contributed by atoms with Crippen LogP contribution in [0.25, 0.3) is 0 Å². The van der Waals surface area contributed by atoms with Crippen LogP contribution in [0.15, 0.2) is 60.7 Å². The third-order valence-corrected chi connectivity index (χ3v) is 6.23. The van der Waals surface area contributed by atoms with Gasteiger partial charge in [-0.1, -0.05) is 60.7 Å². The quantitative estimate of drug-likeness (QED) is 0.430. The van der Waals surface area contributed by atoms with Gasteiger partial charge in [0.1, 0.15) is 12.2 Å². The van der Waals surface area contributed by atoms with Crippen LogP contribution in [0, 0.1) is 0 Å². The number of carbonyl (C=O) groups excluding carboxylic acids is 3. The van der Waals surface area contributed by atoms with Crippen molar-refractivity contribution in [1.29, 1.82) is 0 Å². The van der Waals surface area contributed by atoms with E-state index in [-0.39, 0.29) is 26.2 Å². The second-order valence-electron chi connectivity index (χ2n) is 10.5. The van der Waals surface area contributed by atoms with Crippen LogP contribution in [-0.4, -0.2) is 64.9 Å². The van der Waals surface area contributed by atoms with Crippen molar-refractivity contribution in [2.75, 3.05) is 19.8 Å². The van der Waals surface area contributed by atoms with Crippen LogP contribution in [-0.2, 0) is 37.0 Å². The number of amides is 2. The van der Waals surface area contributed by atoms with Crippen LogP contribution >= 0.6 is 0 Å². The van der Waals surface area contributed by atoms with E-state index >= 15 is 0 Å². The SMILES string of the molecule is CC(C)(C)OC(=O)N1CCCC1(CO)CC(=O)N[C@@H](COCc1ccccc1)C(=O)OCc1ccccc1. The largest absolute Gasteiger partial charge is 0.459 e. The highest BCUT2D eigenvalue weighted by Crippen LogP contribution is 2.33. The zero-order valence-electron chi connectivity index (χ0n) is 22.4. The van der Waals surface area contributed by atoms with Gasteiger partial charge < -0.3 is 24.6 Å². The highest BCUT2D eigenvalue weighted by molar-refractivity contribution is 5.85. The molecule has 0 aromatic heterocycles. The number of aliphatic hydroxyl groups excluding tert-OH is 1. The maximum Gasteiger partial charge on any atom is 0.410 e. The van der Waals surface area contributed by atoms with E-state index in [0.717, 1.165) is 11.1 Å². The minimum atomic E-state index is -1.12. The predicted molar refractivity (Wildman–Crippen MR) is 141 cm³/mol. The van der Waals surface area contributed by atoms with Crippen molar-refractivity contribution in [3.63, 3.8) is 0 Å². The van der Waals surface area contributed by atoms with Gasteiger partial charge in [0.15, 0.2) is 6.04 Å². The summed E-state index contributed by atoms with van der Waals surface area (Å²) >= 11 is 0. The van der Waals surface area contributed by atoms with Gasteiger partial charge in [0.2, 0.25) is 5.91 Å². The van der Waals surface area contributed by atoms with Gasteiger partial charge in [0.25, 0.3) is 0 Å². The number of nitrogens with one attached hydrogen (secondary N) is 1. The first-order valence-corrected chi connectivity index (χ1v) is 12.8. The van der Waals surface area contributed by atoms with Crippen molar-refractivity contribution < 1.29 is 33.7 Å².